The minimum Gasteiger partial charge on any atom is -0.512 e. The number of benzene rings is 2. The highest BCUT2D eigenvalue weighted by Gasteiger charge is 2.37. The lowest BCUT2D eigenvalue weighted by molar-refractivity contribution is 0.160. The molecule has 2 unspecified atom stereocenters. The quantitative estimate of drug-likeness (QED) is 0.346. The lowest BCUT2D eigenvalue weighted by atomic mass is 9.69. The summed E-state index contributed by atoms with van der Waals surface area (Å²) in [6.07, 6.45) is 7.38. The molecule has 6 heteroatoms. The first kappa shape index (κ1) is 21.1. The number of imidazole rings is 1. The number of allylic oxidation sites excluding steroid dienone is 1. The van der Waals surface area contributed by atoms with Gasteiger partial charge in [-0.3, -0.25) is 4.40 Å². The molecule has 2 aromatic heterocycles. The Kier molecular flexibility index (Phi) is 5.29. The number of para-hydroxylation sites is 1. The molecule has 1 saturated carbocycles. The van der Waals surface area contributed by atoms with Crippen molar-refractivity contribution < 1.29 is 9.84 Å². The van der Waals surface area contributed by atoms with Gasteiger partial charge in [0.2, 0.25) is 0 Å². The van der Waals surface area contributed by atoms with E-state index >= 15 is 0 Å². The number of rotatable bonds is 5. The molecule has 1 aliphatic carbocycles. The van der Waals surface area contributed by atoms with Crippen molar-refractivity contribution in [3.8, 4) is 22.8 Å². The number of fused-ring (bicyclic) bond motifs is 1. The third kappa shape index (κ3) is 3.93. The molecule has 2 aromatic carbocycles. The molecule has 0 aliphatic heterocycles. The number of aliphatic hydroxyl groups excluding tert-OH is 1. The normalized spacial score (nSPS) is 20.6. The van der Waals surface area contributed by atoms with Crippen molar-refractivity contribution in [1.82, 2.24) is 14.4 Å². The van der Waals surface area contributed by atoms with Crippen LogP contribution in [-0.4, -0.2) is 19.5 Å². The molecule has 4 aromatic rings. The number of aromatic nitrogens is 3. The molecule has 168 valence electrons. The van der Waals surface area contributed by atoms with Gasteiger partial charge in [0.05, 0.1) is 5.76 Å². The fourth-order valence-corrected chi connectivity index (χ4v) is 4.85. The van der Waals surface area contributed by atoms with Crippen LogP contribution in [0, 0.1) is 5.41 Å². The Bertz CT molecular complexity index is 1300. The maximum Gasteiger partial charge on any atom is 0.150 e. The number of nitrogens with zero attached hydrogens (tertiary/aromatic N) is 3. The van der Waals surface area contributed by atoms with Crippen LogP contribution >= 0.6 is 0 Å². The van der Waals surface area contributed by atoms with E-state index in [1.807, 2.05) is 60.8 Å². The Labute approximate surface area is 193 Å². The molecule has 5 rings (SSSR count). The van der Waals surface area contributed by atoms with Crippen LogP contribution in [0.25, 0.3) is 16.8 Å². The SMILES string of the molecule is C=C(O)C1(C)CCCC(c2nc(-c3ccc(Oc4ccccc4)cc3)c3c(N)nccn23)C1. The molecule has 1 fully saturated rings. The first-order valence-corrected chi connectivity index (χ1v) is 11.3. The maximum absolute atomic E-state index is 10.2. The predicted molar refractivity (Wildman–Crippen MR) is 130 cm³/mol. The van der Waals surface area contributed by atoms with Crippen LogP contribution in [0.1, 0.15) is 44.3 Å². The molecule has 2 heterocycles. The van der Waals surface area contributed by atoms with Crippen LogP contribution in [0.15, 0.2) is 79.3 Å². The first-order valence-electron chi connectivity index (χ1n) is 11.3. The van der Waals surface area contributed by atoms with Crippen molar-refractivity contribution in [3.63, 3.8) is 0 Å². The van der Waals surface area contributed by atoms with E-state index in [1.165, 1.54) is 0 Å². The summed E-state index contributed by atoms with van der Waals surface area (Å²) < 4.78 is 7.99. The number of nitrogen functional groups attached to an aromatic ring is 1. The van der Waals surface area contributed by atoms with Gasteiger partial charge in [0, 0.05) is 29.3 Å². The number of nitrogens with two attached hydrogens (primary N) is 1. The zero-order chi connectivity index (χ0) is 23.0. The van der Waals surface area contributed by atoms with Crippen molar-refractivity contribution >= 4 is 11.3 Å². The third-order valence-electron chi connectivity index (χ3n) is 6.76. The van der Waals surface area contributed by atoms with Crippen molar-refractivity contribution in [2.75, 3.05) is 5.73 Å². The monoisotopic (exact) mass is 440 g/mol. The average molecular weight is 441 g/mol. The van der Waals surface area contributed by atoms with E-state index in [4.69, 9.17) is 15.5 Å². The Morgan fingerprint density at radius 1 is 1.15 bits per heavy atom. The summed E-state index contributed by atoms with van der Waals surface area (Å²) in [5.41, 5.74) is 8.57. The number of anilines is 1. The van der Waals surface area contributed by atoms with E-state index < -0.39 is 0 Å². The zero-order valence-corrected chi connectivity index (χ0v) is 18.7. The molecule has 0 spiro atoms. The minimum absolute atomic E-state index is 0.191. The molecule has 6 nitrogen and oxygen atoms in total. The van der Waals surface area contributed by atoms with Crippen molar-refractivity contribution in [2.45, 2.75) is 38.5 Å². The van der Waals surface area contributed by atoms with Crippen LogP contribution in [0.2, 0.25) is 0 Å². The zero-order valence-electron chi connectivity index (χ0n) is 18.7. The highest BCUT2D eigenvalue weighted by molar-refractivity contribution is 5.85. The average Bonchev–Trinajstić information content (AvgIpc) is 3.21. The highest BCUT2D eigenvalue weighted by atomic mass is 16.5. The summed E-state index contributed by atoms with van der Waals surface area (Å²) in [5.74, 6) is 3.38. The van der Waals surface area contributed by atoms with Gasteiger partial charge in [0.15, 0.2) is 0 Å². The van der Waals surface area contributed by atoms with Crippen LogP contribution < -0.4 is 10.5 Å². The summed E-state index contributed by atoms with van der Waals surface area (Å²) in [4.78, 5) is 9.39. The lowest BCUT2D eigenvalue weighted by Gasteiger charge is -2.36. The Balaban J connectivity index is 1.52. The van der Waals surface area contributed by atoms with Crippen molar-refractivity contribution in [1.29, 1.82) is 0 Å². The summed E-state index contributed by atoms with van der Waals surface area (Å²) >= 11 is 0. The number of hydrogen-bond acceptors (Lipinski definition) is 5. The van der Waals surface area contributed by atoms with Crippen LogP contribution in [0.3, 0.4) is 0 Å². The van der Waals surface area contributed by atoms with Gasteiger partial charge in [-0.2, -0.15) is 0 Å². The van der Waals surface area contributed by atoms with Gasteiger partial charge in [-0.05, 0) is 55.7 Å². The van der Waals surface area contributed by atoms with Gasteiger partial charge < -0.3 is 15.6 Å². The first-order chi connectivity index (χ1) is 15.9. The second kappa shape index (κ2) is 8.28. The molecule has 0 bridgehead atoms. The molecule has 0 amide bonds. The second-order valence-corrected chi connectivity index (χ2v) is 9.09. The molecular formula is C27H28N4O2. The Hall–Kier alpha value is -3.80. The molecule has 0 radical (unpaired) electrons. The van der Waals surface area contributed by atoms with Crippen LogP contribution in [-0.2, 0) is 0 Å². The summed E-state index contributed by atoms with van der Waals surface area (Å²) in [6, 6.07) is 17.6. The summed E-state index contributed by atoms with van der Waals surface area (Å²) in [7, 11) is 0. The van der Waals surface area contributed by atoms with E-state index in [2.05, 4.69) is 22.9 Å². The molecule has 1 aliphatic rings. The van der Waals surface area contributed by atoms with Gasteiger partial charge in [-0.15, -0.1) is 0 Å². The fraction of sp³-hybridized carbons (Fsp3) is 0.259. The lowest BCUT2D eigenvalue weighted by Crippen LogP contribution is -2.27. The summed E-state index contributed by atoms with van der Waals surface area (Å²) in [6.45, 7) is 5.92. The maximum atomic E-state index is 10.2. The highest BCUT2D eigenvalue weighted by Crippen LogP contribution is 2.47. The largest absolute Gasteiger partial charge is 0.512 e. The van der Waals surface area contributed by atoms with Gasteiger partial charge in [0.1, 0.15) is 34.4 Å². The van der Waals surface area contributed by atoms with E-state index in [1.54, 1.807) is 6.20 Å². The Morgan fingerprint density at radius 3 is 2.61 bits per heavy atom. The van der Waals surface area contributed by atoms with Crippen molar-refractivity contribution in [2.24, 2.45) is 5.41 Å². The topological polar surface area (TPSA) is 85.7 Å². The predicted octanol–water partition coefficient (Wildman–Crippen LogP) is 6.51. The van der Waals surface area contributed by atoms with E-state index in [0.717, 1.165) is 59.8 Å². The van der Waals surface area contributed by atoms with Crippen molar-refractivity contribution in [3.05, 3.63) is 85.2 Å². The second-order valence-electron chi connectivity index (χ2n) is 9.09. The molecule has 33 heavy (non-hydrogen) atoms. The van der Waals surface area contributed by atoms with Gasteiger partial charge in [0.25, 0.3) is 0 Å². The van der Waals surface area contributed by atoms with Crippen LogP contribution in [0.4, 0.5) is 5.82 Å². The van der Waals surface area contributed by atoms with E-state index in [0.29, 0.717) is 5.82 Å². The number of ether oxygens (including phenoxy) is 1. The number of hydrogen-bond donors (Lipinski definition) is 2. The molecular weight excluding hydrogens is 412 g/mol. The van der Waals surface area contributed by atoms with Crippen LogP contribution in [0.5, 0.6) is 11.5 Å². The Morgan fingerprint density at radius 2 is 1.88 bits per heavy atom. The fourth-order valence-electron chi connectivity index (χ4n) is 4.85. The standard InChI is InChI=1S/C27H28N4O2/c1-18(32)27(2)14-6-7-20(17-27)26-30-23(24-25(28)29-15-16-31(24)26)19-10-12-22(13-11-19)33-21-8-4-3-5-9-21/h3-5,8-13,15-16,20,32H,1,6-7,14,17H2,2H3,(H2,28,29). The van der Waals surface area contributed by atoms with E-state index in [-0.39, 0.29) is 17.1 Å². The molecule has 0 saturated heterocycles. The molecule has 3 N–H and O–H groups in total. The number of aliphatic hydroxyl groups is 1. The van der Waals surface area contributed by atoms with Gasteiger partial charge >= 0.3 is 0 Å². The molecule has 2 atom stereocenters. The van der Waals surface area contributed by atoms with Gasteiger partial charge in [-0.25, -0.2) is 9.97 Å². The van der Waals surface area contributed by atoms with Gasteiger partial charge in [-0.1, -0.05) is 38.1 Å². The smallest absolute Gasteiger partial charge is 0.150 e. The minimum atomic E-state index is -0.302. The van der Waals surface area contributed by atoms with E-state index in [9.17, 15) is 5.11 Å². The summed E-state index contributed by atoms with van der Waals surface area (Å²) in [5, 5.41) is 10.2. The third-order valence-corrected chi connectivity index (χ3v) is 6.76.